The molecule has 2 aromatic rings. The summed E-state index contributed by atoms with van der Waals surface area (Å²) in [6, 6.07) is 13.1. The predicted molar refractivity (Wildman–Crippen MR) is 179 cm³/mol. The summed E-state index contributed by atoms with van der Waals surface area (Å²) in [5.41, 5.74) is -0.244. The largest absolute Gasteiger partial charge is 0.504 e. The maximum Gasteiger partial charge on any atom is 0.310 e. The van der Waals surface area contributed by atoms with Crippen LogP contribution in [0.2, 0.25) is 0 Å². The third-order valence-corrected chi connectivity index (χ3v) is 11.6. The summed E-state index contributed by atoms with van der Waals surface area (Å²) in [6.45, 7) is 9.99. The first-order chi connectivity index (χ1) is 22.3. The van der Waals surface area contributed by atoms with Crippen LogP contribution in [-0.2, 0) is 41.4 Å². The van der Waals surface area contributed by atoms with Gasteiger partial charge in [-0.05, 0) is 88.8 Å². The fraction of sp³-hybridized carbons (Fsp3) is 0.459. The number of carbonyl (C=O) groups is 2. The molecule has 2 heterocycles. The predicted octanol–water partition coefficient (Wildman–Crippen LogP) is 5.35. The molecule has 7 rings (SSSR count). The van der Waals surface area contributed by atoms with Crippen LogP contribution in [0.4, 0.5) is 0 Å². The molecular formula is C37H39IO9. The second kappa shape index (κ2) is 11.3. The maximum atomic E-state index is 13.8. The third-order valence-electron chi connectivity index (χ3n) is 10.8. The number of phenolic OH excluding ortho intramolecular Hbond substituents is 1. The average Bonchev–Trinajstić information content (AvgIpc) is 3.33. The SMILES string of the molecule is C=C(C)[C@]12C[C@@H](C)[C@@]34O[C@](Cc5ccccc5)(O[C@@H]1[C@@H]3C=C(COC(=O)Cc1cc([125I])c(O)c(OC)c1)C[C@]1(O)C(=O)C(C)=C[C@@H]41)O2. The Bertz CT molecular complexity index is 1730. The minimum atomic E-state index is -1.81. The van der Waals surface area contributed by atoms with Crippen LogP contribution in [0.5, 0.6) is 11.5 Å². The van der Waals surface area contributed by atoms with Crippen LogP contribution in [-0.4, -0.2) is 64.6 Å². The fourth-order valence-corrected chi connectivity index (χ4v) is 9.43. The number of aromatic hydroxyl groups is 1. The van der Waals surface area contributed by atoms with Crippen LogP contribution in [0.25, 0.3) is 0 Å². The fourth-order valence-electron chi connectivity index (χ4n) is 8.76. The Labute approximate surface area is 287 Å². The van der Waals surface area contributed by atoms with Gasteiger partial charge in [0.05, 0.1) is 29.1 Å². The number of Topliss-reactive ketones (excluding diaryl/α,β-unsaturated/α-hetero) is 1. The number of esters is 1. The molecule has 0 radical (unpaired) electrons. The summed E-state index contributed by atoms with van der Waals surface area (Å²) in [5.74, 6) is -3.34. The van der Waals surface area contributed by atoms with E-state index in [0.717, 1.165) is 11.1 Å². The lowest BCUT2D eigenvalue weighted by Gasteiger charge is -2.59. The Hall–Kier alpha value is -3.03. The molecule has 0 amide bonds. The van der Waals surface area contributed by atoms with Gasteiger partial charge in [0.2, 0.25) is 0 Å². The van der Waals surface area contributed by atoms with Crippen molar-refractivity contribution in [3.8, 4) is 11.5 Å². The average molecular weight is 753 g/mol. The highest BCUT2D eigenvalue weighted by atomic mass is 125. The lowest BCUT2D eigenvalue weighted by molar-refractivity contribution is -0.421. The molecule has 2 aliphatic heterocycles. The highest BCUT2D eigenvalue weighted by molar-refractivity contribution is 14.1. The lowest BCUT2D eigenvalue weighted by atomic mass is 9.55. The van der Waals surface area contributed by atoms with Crippen LogP contribution < -0.4 is 4.74 Å². The van der Waals surface area contributed by atoms with Crippen molar-refractivity contribution < 1.29 is 43.5 Å². The first-order valence-corrected chi connectivity index (χ1v) is 17.0. The molecule has 3 aliphatic carbocycles. The number of carbonyl (C=O) groups excluding carboxylic acids is 2. The zero-order valence-electron chi connectivity index (χ0n) is 26.9. The smallest absolute Gasteiger partial charge is 0.310 e. The Morgan fingerprint density at radius 1 is 1.15 bits per heavy atom. The van der Waals surface area contributed by atoms with Crippen LogP contribution >= 0.6 is 22.6 Å². The van der Waals surface area contributed by atoms with Gasteiger partial charge in [-0.25, -0.2) is 0 Å². The molecule has 10 heteroatoms. The van der Waals surface area contributed by atoms with Gasteiger partial charge in [-0.2, -0.15) is 0 Å². The Morgan fingerprint density at radius 3 is 2.60 bits per heavy atom. The highest BCUT2D eigenvalue weighted by Crippen LogP contribution is 2.68. The minimum absolute atomic E-state index is 0.00680. The van der Waals surface area contributed by atoms with Crippen LogP contribution in [0.15, 0.2) is 77.9 Å². The Balaban J connectivity index is 1.26. The monoisotopic (exact) mass is 752 g/mol. The van der Waals surface area contributed by atoms with Crippen molar-refractivity contribution in [2.45, 2.75) is 75.3 Å². The summed E-state index contributed by atoms with van der Waals surface area (Å²) in [7, 11) is 1.45. The van der Waals surface area contributed by atoms with Gasteiger partial charge in [0, 0.05) is 18.3 Å². The number of halogens is 1. The number of hydrogen-bond acceptors (Lipinski definition) is 9. The van der Waals surface area contributed by atoms with Crippen molar-refractivity contribution in [1.29, 1.82) is 0 Å². The number of fused-ring (bicyclic) bond motifs is 2. The Morgan fingerprint density at radius 2 is 1.89 bits per heavy atom. The van der Waals surface area contributed by atoms with Gasteiger partial charge in [0.25, 0.3) is 5.97 Å². The maximum absolute atomic E-state index is 13.8. The zero-order valence-corrected chi connectivity index (χ0v) is 29.0. The van der Waals surface area contributed by atoms with Crippen molar-refractivity contribution in [1.82, 2.24) is 0 Å². The quantitative estimate of drug-likeness (QED) is 0.209. The molecule has 9 nitrogen and oxygen atoms in total. The molecule has 2 aromatic carbocycles. The zero-order chi connectivity index (χ0) is 33.5. The number of hydrogen-bond donors (Lipinski definition) is 2. The Kier molecular flexibility index (Phi) is 7.79. The minimum Gasteiger partial charge on any atom is -0.504 e. The summed E-state index contributed by atoms with van der Waals surface area (Å²) in [4.78, 5) is 26.9. The number of ketones is 1. The van der Waals surface area contributed by atoms with E-state index < -0.39 is 46.7 Å². The first-order valence-electron chi connectivity index (χ1n) is 15.9. The second-order valence-electron chi connectivity index (χ2n) is 13.8. The van der Waals surface area contributed by atoms with Gasteiger partial charge < -0.3 is 33.9 Å². The number of rotatable bonds is 8. The van der Waals surface area contributed by atoms with Gasteiger partial charge in [0.15, 0.2) is 17.3 Å². The summed E-state index contributed by atoms with van der Waals surface area (Å²) in [5, 5.41) is 22.6. The topological polar surface area (TPSA) is 121 Å². The summed E-state index contributed by atoms with van der Waals surface area (Å²) >= 11 is 1.98. The molecule has 1 saturated carbocycles. The van der Waals surface area contributed by atoms with E-state index in [2.05, 4.69) is 13.5 Å². The van der Waals surface area contributed by atoms with Crippen LogP contribution in [0.3, 0.4) is 0 Å². The van der Waals surface area contributed by atoms with E-state index in [9.17, 15) is 19.8 Å². The number of benzene rings is 2. The molecule has 0 spiro atoms. The molecule has 0 unspecified atom stereocenters. The van der Waals surface area contributed by atoms with Crippen molar-refractivity contribution in [2.24, 2.45) is 17.8 Å². The molecule has 5 aliphatic rings. The molecule has 3 bridgehead atoms. The van der Waals surface area contributed by atoms with E-state index in [0.29, 0.717) is 33.1 Å². The molecule has 0 aromatic heterocycles. The van der Waals surface area contributed by atoms with Crippen molar-refractivity contribution in [3.63, 3.8) is 0 Å². The number of methoxy groups -OCH3 is 1. The van der Waals surface area contributed by atoms with Gasteiger partial charge >= 0.3 is 5.97 Å². The summed E-state index contributed by atoms with van der Waals surface area (Å²) < 4.78 is 32.5. The van der Waals surface area contributed by atoms with E-state index in [4.69, 9.17) is 23.7 Å². The molecule has 2 saturated heterocycles. The molecule has 47 heavy (non-hydrogen) atoms. The van der Waals surface area contributed by atoms with E-state index in [1.807, 2.05) is 72.0 Å². The first kappa shape index (κ1) is 32.5. The van der Waals surface area contributed by atoms with Crippen molar-refractivity contribution in [2.75, 3.05) is 13.7 Å². The highest BCUT2D eigenvalue weighted by Gasteiger charge is 2.79. The molecular weight excluding hydrogens is 713 g/mol. The summed E-state index contributed by atoms with van der Waals surface area (Å²) in [6.07, 6.45) is 4.13. The number of ether oxygens (including phenoxy) is 5. The van der Waals surface area contributed by atoms with Gasteiger partial charge in [-0.1, -0.05) is 56.0 Å². The second-order valence-corrected chi connectivity index (χ2v) is 15.0. The molecule has 2 N–H and O–H groups in total. The molecule has 248 valence electrons. The molecule has 3 fully saturated rings. The van der Waals surface area contributed by atoms with Crippen molar-refractivity contribution >= 4 is 34.3 Å². The van der Waals surface area contributed by atoms with E-state index in [-0.39, 0.29) is 42.6 Å². The van der Waals surface area contributed by atoms with E-state index in [1.165, 1.54) is 7.11 Å². The number of aliphatic hydroxyl groups is 1. The lowest BCUT2D eigenvalue weighted by Crippen LogP contribution is -2.70. The van der Waals surface area contributed by atoms with E-state index >= 15 is 0 Å². The van der Waals surface area contributed by atoms with Gasteiger partial charge in [-0.15, -0.1) is 0 Å². The van der Waals surface area contributed by atoms with Crippen LogP contribution in [0.1, 0.15) is 44.7 Å². The van der Waals surface area contributed by atoms with Gasteiger partial charge in [-0.3, -0.25) is 9.59 Å². The normalized spacial score (nSPS) is 36.6. The van der Waals surface area contributed by atoms with Gasteiger partial charge in [0.1, 0.15) is 23.9 Å². The van der Waals surface area contributed by atoms with E-state index in [1.54, 1.807) is 19.1 Å². The van der Waals surface area contributed by atoms with Crippen LogP contribution in [0, 0.1) is 21.3 Å². The standard InChI is InChI=1S/C37H39IO9/c1-20(2)35-16-22(4)37-26(33(35)45-36(46-35,47-37)18-23-9-7-6-8-10-23)12-25(17-34(42)29(37)11-21(3)32(34)41)19-44-30(39)15-24-13-27(38)31(40)28(14-24)43-5/h6-14,22,26,29,33,40,42H,1,15-19H2,2-5H3/t22-,26+,29-,33-,34-,35-,36-,37-/m1/s1/i38-2. The molecule has 8 atom stereocenters. The third kappa shape index (κ3) is 4.85. The van der Waals surface area contributed by atoms with Crippen molar-refractivity contribution in [3.05, 3.63) is 92.6 Å². The number of phenols is 1.